The number of methoxy groups -OCH3 is 1. The Labute approximate surface area is 71.6 Å². The second kappa shape index (κ2) is 2.59. The van der Waals surface area contributed by atoms with Gasteiger partial charge in [-0.25, -0.2) is 0 Å². The van der Waals surface area contributed by atoms with Crippen molar-refractivity contribution >= 4 is 5.97 Å². The lowest BCUT2D eigenvalue weighted by Crippen LogP contribution is -2.39. The van der Waals surface area contributed by atoms with Crippen LogP contribution >= 0.6 is 0 Å². The largest absolute Gasteiger partial charge is 0.469 e. The molecule has 2 aliphatic carbocycles. The van der Waals surface area contributed by atoms with E-state index >= 15 is 0 Å². The van der Waals surface area contributed by atoms with Gasteiger partial charge in [-0.1, -0.05) is 12.2 Å². The van der Waals surface area contributed by atoms with Crippen molar-refractivity contribution < 1.29 is 9.53 Å². The molecule has 0 aromatic rings. The van der Waals surface area contributed by atoms with Gasteiger partial charge in [-0.2, -0.15) is 0 Å². The van der Waals surface area contributed by atoms with Crippen LogP contribution in [0.3, 0.4) is 0 Å². The highest BCUT2D eigenvalue weighted by Gasteiger charge is 2.46. The van der Waals surface area contributed by atoms with Crippen LogP contribution in [0.4, 0.5) is 0 Å². The third kappa shape index (κ3) is 0.894. The van der Waals surface area contributed by atoms with E-state index in [4.69, 9.17) is 10.5 Å². The molecule has 1 fully saturated rings. The van der Waals surface area contributed by atoms with E-state index in [1.165, 1.54) is 7.11 Å². The molecule has 66 valence electrons. The summed E-state index contributed by atoms with van der Waals surface area (Å²) < 4.78 is 4.70. The van der Waals surface area contributed by atoms with E-state index in [0.29, 0.717) is 11.8 Å². The standard InChI is InChI=1S/C9H13NO2/c1-12-9(11)7-5-2-3-6(4-5)8(7)10/h2-3,5-8H,4,10H2,1H3/t5-,6+,7+,8-/m1/s1. The summed E-state index contributed by atoms with van der Waals surface area (Å²) in [5.74, 6) is 0.487. The quantitative estimate of drug-likeness (QED) is 0.451. The summed E-state index contributed by atoms with van der Waals surface area (Å²) in [4.78, 5) is 11.3. The van der Waals surface area contributed by atoms with Crippen molar-refractivity contribution in [3.63, 3.8) is 0 Å². The van der Waals surface area contributed by atoms with Gasteiger partial charge >= 0.3 is 5.97 Å². The van der Waals surface area contributed by atoms with E-state index in [0.717, 1.165) is 6.42 Å². The number of nitrogens with two attached hydrogens (primary N) is 1. The van der Waals surface area contributed by atoms with Gasteiger partial charge in [0, 0.05) is 6.04 Å². The van der Waals surface area contributed by atoms with Gasteiger partial charge in [0.15, 0.2) is 0 Å². The summed E-state index contributed by atoms with van der Waals surface area (Å²) in [6.45, 7) is 0. The second-order valence-electron chi connectivity index (χ2n) is 3.57. The lowest BCUT2D eigenvalue weighted by molar-refractivity contribution is -0.146. The fourth-order valence-corrected chi connectivity index (χ4v) is 2.33. The number of esters is 1. The molecule has 0 aliphatic heterocycles. The predicted octanol–water partition coefficient (Wildman–Crippen LogP) is 0.309. The molecule has 0 spiro atoms. The minimum Gasteiger partial charge on any atom is -0.469 e. The summed E-state index contributed by atoms with van der Waals surface area (Å²) in [5, 5.41) is 0. The molecule has 0 unspecified atom stereocenters. The van der Waals surface area contributed by atoms with E-state index in [1.54, 1.807) is 0 Å². The first-order valence-electron chi connectivity index (χ1n) is 4.26. The van der Waals surface area contributed by atoms with Crippen molar-refractivity contribution in [2.75, 3.05) is 7.11 Å². The van der Waals surface area contributed by atoms with Crippen molar-refractivity contribution in [1.29, 1.82) is 0 Å². The van der Waals surface area contributed by atoms with E-state index < -0.39 is 0 Å². The molecule has 0 aromatic carbocycles. The first-order chi connectivity index (χ1) is 5.74. The van der Waals surface area contributed by atoms with Crippen molar-refractivity contribution in [3.05, 3.63) is 12.2 Å². The van der Waals surface area contributed by atoms with Gasteiger partial charge in [-0.3, -0.25) is 4.79 Å². The molecule has 12 heavy (non-hydrogen) atoms. The molecule has 0 radical (unpaired) electrons. The molecule has 0 heterocycles. The fourth-order valence-electron chi connectivity index (χ4n) is 2.33. The minimum atomic E-state index is -0.153. The Balaban J connectivity index is 2.18. The zero-order valence-electron chi connectivity index (χ0n) is 7.07. The molecule has 0 aromatic heterocycles. The number of rotatable bonds is 1. The molecule has 0 saturated heterocycles. The topological polar surface area (TPSA) is 52.3 Å². The maximum Gasteiger partial charge on any atom is 0.310 e. The van der Waals surface area contributed by atoms with Crippen LogP contribution < -0.4 is 5.73 Å². The van der Waals surface area contributed by atoms with Gasteiger partial charge in [-0.05, 0) is 18.3 Å². The number of fused-ring (bicyclic) bond motifs is 2. The SMILES string of the molecule is COC(=O)[C@@H]1[C@H](N)[C@H]2C=C[C@@H]1C2. The third-order valence-electron chi connectivity index (χ3n) is 2.99. The Morgan fingerprint density at radius 2 is 2.17 bits per heavy atom. The highest BCUT2D eigenvalue weighted by Crippen LogP contribution is 2.42. The molecule has 3 nitrogen and oxygen atoms in total. The fraction of sp³-hybridized carbons (Fsp3) is 0.667. The molecule has 3 heteroatoms. The zero-order chi connectivity index (χ0) is 8.72. The summed E-state index contributed by atoms with van der Waals surface area (Å²) in [6.07, 6.45) is 5.24. The lowest BCUT2D eigenvalue weighted by Gasteiger charge is -2.21. The van der Waals surface area contributed by atoms with Crippen LogP contribution in [0.15, 0.2) is 12.2 Å². The molecule has 2 N–H and O–H groups in total. The normalized spacial score (nSPS) is 43.5. The first-order valence-corrected chi connectivity index (χ1v) is 4.26. The van der Waals surface area contributed by atoms with Crippen molar-refractivity contribution in [2.45, 2.75) is 12.5 Å². The summed E-state index contributed by atoms with van der Waals surface area (Å²) in [7, 11) is 1.42. The predicted molar refractivity (Wildman–Crippen MR) is 44.2 cm³/mol. The molecule has 2 aliphatic rings. The number of hydrogen-bond acceptors (Lipinski definition) is 3. The molecule has 2 rings (SSSR count). The maximum absolute atomic E-state index is 11.3. The van der Waals surface area contributed by atoms with E-state index in [9.17, 15) is 4.79 Å². The molecular formula is C9H13NO2. The molecule has 1 saturated carbocycles. The average molecular weight is 167 g/mol. The number of carbonyl (C=O) groups is 1. The summed E-state index contributed by atoms with van der Waals surface area (Å²) >= 11 is 0. The number of carbonyl (C=O) groups excluding carboxylic acids is 1. The first kappa shape index (κ1) is 7.80. The van der Waals surface area contributed by atoms with Gasteiger partial charge < -0.3 is 10.5 Å². The Kier molecular flexibility index (Phi) is 1.68. The van der Waals surface area contributed by atoms with E-state index in [1.807, 2.05) is 0 Å². The van der Waals surface area contributed by atoms with E-state index in [2.05, 4.69) is 12.2 Å². The highest BCUT2D eigenvalue weighted by atomic mass is 16.5. The molecule has 0 amide bonds. The van der Waals surface area contributed by atoms with Gasteiger partial charge in [0.05, 0.1) is 13.0 Å². The van der Waals surface area contributed by atoms with Gasteiger partial charge in [0.1, 0.15) is 0 Å². The van der Waals surface area contributed by atoms with Gasteiger partial charge in [0.25, 0.3) is 0 Å². The van der Waals surface area contributed by atoms with Crippen molar-refractivity contribution in [3.8, 4) is 0 Å². The number of ether oxygens (including phenoxy) is 1. The maximum atomic E-state index is 11.3. The monoisotopic (exact) mass is 167 g/mol. The third-order valence-corrected chi connectivity index (χ3v) is 2.99. The number of allylic oxidation sites excluding steroid dienone is 1. The van der Waals surface area contributed by atoms with Crippen LogP contribution in [0.25, 0.3) is 0 Å². The minimum absolute atomic E-state index is 0.0209. The van der Waals surface area contributed by atoms with Crippen molar-refractivity contribution in [1.82, 2.24) is 0 Å². The van der Waals surface area contributed by atoms with Gasteiger partial charge in [0.2, 0.25) is 0 Å². The Hall–Kier alpha value is -0.830. The van der Waals surface area contributed by atoms with Crippen LogP contribution in [-0.4, -0.2) is 19.1 Å². The zero-order valence-corrected chi connectivity index (χ0v) is 7.07. The van der Waals surface area contributed by atoms with Crippen LogP contribution in [0, 0.1) is 17.8 Å². The molecule has 2 bridgehead atoms. The Morgan fingerprint density at radius 1 is 1.50 bits per heavy atom. The Morgan fingerprint density at radius 3 is 2.67 bits per heavy atom. The Bertz CT molecular complexity index is 237. The highest BCUT2D eigenvalue weighted by molar-refractivity contribution is 5.75. The van der Waals surface area contributed by atoms with Crippen LogP contribution in [-0.2, 0) is 9.53 Å². The molecule has 4 atom stereocenters. The second-order valence-corrected chi connectivity index (χ2v) is 3.57. The van der Waals surface area contributed by atoms with Crippen LogP contribution in [0.2, 0.25) is 0 Å². The van der Waals surface area contributed by atoms with E-state index in [-0.39, 0.29) is 17.9 Å². The average Bonchev–Trinajstić information content (AvgIpc) is 2.63. The number of hydrogen-bond donors (Lipinski definition) is 1. The summed E-state index contributed by atoms with van der Waals surface area (Å²) in [6, 6.07) is -0.0209. The summed E-state index contributed by atoms with van der Waals surface area (Å²) in [5.41, 5.74) is 5.89. The molecular weight excluding hydrogens is 154 g/mol. The lowest BCUT2D eigenvalue weighted by atomic mass is 9.90. The van der Waals surface area contributed by atoms with Gasteiger partial charge in [-0.15, -0.1) is 0 Å². The smallest absolute Gasteiger partial charge is 0.310 e. The van der Waals surface area contributed by atoms with Crippen molar-refractivity contribution in [2.24, 2.45) is 23.5 Å². The van der Waals surface area contributed by atoms with Crippen LogP contribution in [0.5, 0.6) is 0 Å². The van der Waals surface area contributed by atoms with Crippen LogP contribution in [0.1, 0.15) is 6.42 Å².